The molecule has 5 heteroatoms. The Bertz CT molecular complexity index is 846. The zero-order valence-corrected chi connectivity index (χ0v) is 16.4. The molecule has 1 amide bonds. The lowest BCUT2D eigenvalue weighted by molar-refractivity contribution is -0.117. The zero-order valence-electron chi connectivity index (χ0n) is 15.6. The second-order valence-corrected chi connectivity index (χ2v) is 9.25. The van der Waals surface area contributed by atoms with Crippen LogP contribution in [-0.4, -0.2) is 12.5 Å². The minimum Gasteiger partial charge on any atom is -0.367 e. The van der Waals surface area contributed by atoms with E-state index in [9.17, 15) is 9.18 Å². The van der Waals surface area contributed by atoms with Gasteiger partial charge in [-0.05, 0) is 73.4 Å². The Hall–Kier alpha value is -1.88. The van der Waals surface area contributed by atoms with Crippen molar-refractivity contribution in [1.29, 1.82) is 0 Å². The summed E-state index contributed by atoms with van der Waals surface area (Å²) >= 11 is 1.27. The van der Waals surface area contributed by atoms with Crippen molar-refractivity contribution >= 4 is 28.6 Å². The average Bonchev–Trinajstić information content (AvgIpc) is 3.16. The molecule has 1 aromatic heterocycles. The van der Waals surface area contributed by atoms with E-state index in [0.717, 1.165) is 60.4 Å². The van der Waals surface area contributed by atoms with Crippen LogP contribution < -0.4 is 10.2 Å². The Kier molecular flexibility index (Phi) is 4.30. The van der Waals surface area contributed by atoms with E-state index in [1.165, 1.54) is 16.2 Å². The summed E-state index contributed by atoms with van der Waals surface area (Å²) in [4.78, 5) is 15.8. The van der Waals surface area contributed by atoms with Gasteiger partial charge in [0.15, 0.2) is 5.13 Å². The monoisotopic (exact) mass is 372 g/mol. The number of hydrogen-bond donors (Lipinski definition) is 1. The number of hydrogen-bond acceptors (Lipinski definition) is 3. The molecule has 0 unspecified atom stereocenters. The highest BCUT2D eigenvalue weighted by molar-refractivity contribution is 7.10. The fourth-order valence-corrected chi connectivity index (χ4v) is 4.68. The molecule has 3 nitrogen and oxygen atoms in total. The van der Waals surface area contributed by atoms with Gasteiger partial charge < -0.3 is 10.2 Å². The number of halogens is 1. The lowest BCUT2D eigenvalue weighted by Gasteiger charge is -2.30. The van der Waals surface area contributed by atoms with E-state index in [1.807, 2.05) is 13.8 Å². The summed E-state index contributed by atoms with van der Waals surface area (Å²) in [6.45, 7) is 7.91. The maximum Gasteiger partial charge on any atom is 0.224 e. The number of benzene rings is 1. The minimum absolute atomic E-state index is 0.0911. The van der Waals surface area contributed by atoms with Crippen molar-refractivity contribution < 1.29 is 9.18 Å². The number of amides is 1. The molecule has 26 heavy (non-hydrogen) atoms. The van der Waals surface area contributed by atoms with Gasteiger partial charge in [0.1, 0.15) is 0 Å². The zero-order chi connectivity index (χ0) is 18.5. The number of anilines is 2. The lowest BCUT2D eigenvalue weighted by atomic mass is 10.0. The number of thiophene rings is 1. The Balaban J connectivity index is 1.51. The largest absolute Gasteiger partial charge is 0.367 e. The summed E-state index contributed by atoms with van der Waals surface area (Å²) in [5.41, 5.74) is 5.55. The fourth-order valence-electron chi connectivity index (χ4n) is 3.80. The molecule has 138 valence electrons. The summed E-state index contributed by atoms with van der Waals surface area (Å²) in [5.74, 6) is 0.111. The first-order valence-corrected chi connectivity index (χ1v) is 10.1. The molecule has 1 N–H and O–H groups in total. The van der Waals surface area contributed by atoms with Crippen molar-refractivity contribution in [3.05, 3.63) is 44.9 Å². The third kappa shape index (κ3) is 3.50. The second-order valence-electron chi connectivity index (χ2n) is 8.16. The Morgan fingerprint density at radius 3 is 2.62 bits per heavy atom. The quantitative estimate of drug-likeness (QED) is 0.800. The highest BCUT2D eigenvalue weighted by Crippen LogP contribution is 2.48. The number of aryl methyl sites for hydroxylation is 2. The molecular formula is C21H25FN2OS. The predicted molar refractivity (Wildman–Crippen MR) is 106 cm³/mol. The molecule has 1 aliphatic heterocycles. The predicted octanol–water partition coefficient (Wildman–Crippen LogP) is 5.20. The standard InChI is InChI=1S/C21H25FN2OS/c1-13-8-16(24-7-4-17-15(12-24)10-18(22)26-17)9-14(2)20(13)23-19(25)11-21(3)5-6-21/h8-10H,4-7,11-12H2,1-3H3,(H,23,25). The van der Waals surface area contributed by atoms with Crippen molar-refractivity contribution in [3.63, 3.8) is 0 Å². The molecule has 0 spiro atoms. The van der Waals surface area contributed by atoms with Gasteiger partial charge >= 0.3 is 0 Å². The molecule has 0 radical (unpaired) electrons. The third-order valence-electron chi connectivity index (χ3n) is 5.67. The van der Waals surface area contributed by atoms with Crippen LogP contribution in [0.15, 0.2) is 18.2 Å². The van der Waals surface area contributed by atoms with Crippen molar-refractivity contribution in [2.24, 2.45) is 5.41 Å². The number of carbonyl (C=O) groups excluding carboxylic acids is 1. The average molecular weight is 373 g/mol. The van der Waals surface area contributed by atoms with Crippen LogP contribution in [0.1, 0.15) is 47.8 Å². The Morgan fingerprint density at radius 1 is 1.27 bits per heavy atom. The fraction of sp³-hybridized carbons (Fsp3) is 0.476. The van der Waals surface area contributed by atoms with Crippen molar-refractivity contribution in [1.82, 2.24) is 0 Å². The summed E-state index contributed by atoms with van der Waals surface area (Å²) < 4.78 is 13.5. The number of fused-ring (bicyclic) bond motifs is 1. The van der Waals surface area contributed by atoms with Gasteiger partial charge in [0, 0.05) is 35.8 Å². The first-order valence-electron chi connectivity index (χ1n) is 9.26. The summed E-state index contributed by atoms with van der Waals surface area (Å²) in [6, 6.07) is 5.93. The lowest BCUT2D eigenvalue weighted by Crippen LogP contribution is -2.29. The van der Waals surface area contributed by atoms with E-state index in [4.69, 9.17) is 0 Å². The van der Waals surface area contributed by atoms with E-state index in [2.05, 4.69) is 29.3 Å². The van der Waals surface area contributed by atoms with Crippen LogP contribution in [-0.2, 0) is 17.8 Å². The SMILES string of the molecule is Cc1cc(N2CCc3sc(F)cc3C2)cc(C)c1NC(=O)CC1(C)CC1. The van der Waals surface area contributed by atoms with Gasteiger partial charge in [-0.1, -0.05) is 6.92 Å². The molecule has 1 fully saturated rings. The van der Waals surface area contributed by atoms with Crippen molar-refractivity contribution in [2.45, 2.75) is 53.0 Å². The molecule has 2 heterocycles. The first-order chi connectivity index (χ1) is 12.3. The molecule has 2 aliphatic rings. The normalized spacial score (nSPS) is 17.8. The van der Waals surface area contributed by atoms with Crippen molar-refractivity contribution in [3.8, 4) is 0 Å². The number of carbonyl (C=O) groups is 1. The second kappa shape index (κ2) is 6.38. The van der Waals surface area contributed by atoms with Crippen LogP contribution in [0, 0.1) is 24.4 Å². The van der Waals surface area contributed by atoms with E-state index < -0.39 is 0 Å². The molecule has 4 rings (SSSR count). The maximum absolute atomic E-state index is 13.5. The van der Waals surface area contributed by atoms with Crippen LogP contribution in [0.3, 0.4) is 0 Å². The molecular weight excluding hydrogens is 347 g/mol. The molecule has 0 bridgehead atoms. The molecule has 1 aromatic carbocycles. The Labute approximate surface area is 158 Å². The summed E-state index contributed by atoms with van der Waals surface area (Å²) in [6.07, 6.45) is 3.79. The van der Waals surface area contributed by atoms with Gasteiger partial charge in [-0.15, -0.1) is 11.3 Å². The van der Waals surface area contributed by atoms with Crippen LogP contribution >= 0.6 is 11.3 Å². The topological polar surface area (TPSA) is 32.3 Å². The van der Waals surface area contributed by atoms with Gasteiger partial charge in [-0.3, -0.25) is 4.79 Å². The van der Waals surface area contributed by atoms with Crippen LogP contribution in [0.5, 0.6) is 0 Å². The minimum atomic E-state index is -0.0911. The van der Waals surface area contributed by atoms with E-state index in [1.54, 1.807) is 6.07 Å². The number of nitrogens with zero attached hydrogens (tertiary/aromatic N) is 1. The van der Waals surface area contributed by atoms with E-state index >= 15 is 0 Å². The van der Waals surface area contributed by atoms with Crippen molar-refractivity contribution in [2.75, 3.05) is 16.8 Å². The van der Waals surface area contributed by atoms with E-state index in [-0.39, 0.29) is 16.5 Å². The van der Waals surface area contributed by atoms with Gasteiger partial charge in [-0.25, -0.2) is 0 Å². The maximum atomic E-state index is 13.5. The third-order valence-corrected chi connectivity index (χ3v) is 6.70. The molecule has 1 saturated carbocycles. The number of rotatable bonds is 4. The van der Waals surface area contributed by atoms with Crippen LogP contribution in [0.25, 0.3) is 0 Å². The Morgan fingerprint density at radius 2 is 1.96 bits per heavy atom. The highest BCUT2D eigenvalue weighted by Gasteiger charge is 2.39. The van der Waals surface area contributed by atoms with Gasteiger partial charge in [0.25, 0.3) is 0 Å². The molecule has 1 aliphatic carbocycles. The van der Waals surface area contributed by atoms with Crippen LogP contribution in [0.2, 0.25) is 0 Å². The molecule has 0 atom stereocenters. The van der Waals surface area contributed by atoms with Gasteiger partial charge in [0.2, 0.25) is 5.91 Å². The highest BCUT2D eigenvalue weighted by atomic mass is 32.1. The first kappa shape index (κ1) is 17.5. The van der Waals surface area contributed by atoms with Gasteiger partial charge in [0.05, 0.1) is 0 Å². The van der Waals surface area contributed by atoms with Gasteiger partial charge in [-0.2, -0.15) is 4.39 Å². The number of nitrogens with one attached hydrogen (secondary N) is 1. The summed E-state index contributed by atoms with van der Waals surface area (Å²) in [7, 11) is 0. The van der Waals surface area contributed by atoms with Crippen LogP contribution in [0.4, 0.5) is 15.8 Å². The summed E-state index contributed by atoms with van der Waals surface area (Å²) in [5, 5.41) is 3.03. The smallest absolute Gasteiger partial charge is 0.224 e. The molecule has 0 saturated heterocycles. The molecule has 2 aromatic rings. The van der Waals surface area contributed by atoms with E-state index in [0.29, 0.717) is 6.42 Å².